The number of rotatable bonds is 7. The van der Waals surface area contributed by atoms with Gasteiger partial charge in [-0.3, -0.25) is 0 Å². The first-order valence-corrected chi connectivity index (χ1v) is 9.79. The van der Waals surface area contributed by atoms with Crippen molar-refractivity contribution in [2.45, 2.75) is 20.3 Å². The fourth-order valence-electron chi connectivity index (χ4n) is 3.09. The number of piperidine rings is 1. The minimum atomic E-state index is -1.82. The topological polar surface area (TPSA) is 96.3 Å². The molecule has 1 saturated heterocycles. The molecule has 0 amide bonds. The lowest BCUT2D eigenvalue weighted by molar-refractivity contribution is -0.159. The quantitative estimate of drug-likeness (QED) is 0.499. The van der Waals surface area contributed by atoms with E-state index in [0.717, 1.165) is 25.0 Å². The molecule has 0 bridgehead atoms. The molecule has 1 aliphatic rings. The molecule has 7 nitrogen and oxygen atoms in total. The van der Waals surface area contributed by atoms with Crippen LogP contribution in [-0.2, 0) is 14.3 Å². The average Bonchev–Trinajstić information content (AvgIpc) is 2.59. The van der Waals surface area contributed by atoms with Crippen molar-refractivity contribution in [2.75, 3.05) is 39.5 Å². The second-order valence-electron chi connectivity index (χ2n) is 6.83. The van der Waals surface area contributed by atoms with Gasteiger partial charge in [0.15, 0.2) is 5.75 Å². The summed E-state index contributed by atoms with van der Waals surface area (Å²) in [4.78, 5) is 20.7. The van der Waals surface area contributed by atoms with Crippen LogP contribution in [0.1, 0.15) is 20.3 Å². The lowest BCUT2D eigenvalue weighted by Crippen LogP contribution is -2.40. The number of carbonyl (C=O) groups is 2. The number of hydrogen-bond acceptors (Lipinski definition) is 5. The van der Waals surface area contributed by atoms with Gasteiger partial charge in [-0.05, 0) is 30.4 Å². The van der Waals surface area contributed by atoms with E-state index in [1.165, 1.54) is 19.5 Å². The van der Waals surface area contributed by atoms with Crippen LogP contribution in [0.15, 0.2) is 18.2 Å². The second-order valence-corrected chi connectivity index (χ2v) is 7.64. The van der Waals surface area contributed by atoms with Gasteiger partial charge in [0.1, 0.15) is 6.61 Å². The number of nitrogens with zero attached hydrogens (tertiary/aromatic N) is 1. The van der Waals surface area contributed by atoms with Gasteiger partial charge in [-0.2, -0.15) is 0 Å². The van der Waals surface area contributed by atoms with Crippen molar-refractivity contribution in [3.63, 3.8) is 0 Å². The second kappa shape index (κ2) is 12.8. The highest BCUT2D eigenvalue weighted by molar-refractivity contribution is 6.37. The number of carboxylic acids is 2. The van der Waals surface area contributed by atoms with E-state index in [1.54, 1.807) is 18.2 Å². The van der Waals surface area contributed by atoms with Gasteiger partial charge in [0, 0.05) is 19.6 Å². The van der Waals surface area contributed by atoms with Crippen molar-refractivity contribution in [1.82, 2.24) is 4.90 Å². The minimum absolute atomic E-state index is 0.455. The zero-order valence-corrected chi connectivity index (χ0v) is 17.6. The highest BCUT2D eigenvalue weighted by Crippen LogP contribution is 2.32. The maximum atomic E-state index is 9.10. The van der Waals surface area contributed by atoms with E-state index in [-0.39, 0.29) is 0 Å². The smallest absolute Gasteiger partial charge is 0.414 e. The first-order chi connectivity index (χ1) is 13.2. The van der Waals surface area contributed by atoms with Crippen LogP contribution >= 0.6 is 23.2 Å². The summed E-state index contributed by atoms with van der Waals surface area (Å²) in [5.41, 5.74) is 0. The molecule has 1 aromatic rings. The highest BCUT2D eigenvalue weighted by Gasteiger charge is 2.21. The summed E-state index contributed by atoms with van der Waals surface area (Å²) in [6.07, 6.45) is 1.34. The molecule has 158 valence electrons. The predicted molar refractivity (Wildman–Crippen MR) is 107 cm³/mol. The van der Waals surface area contributed by atoms with Gasteiger partial charge in [-0.15, -0.1) is 0 Å². The average molecular weight is 436 g/mol. The molecule has 1 heterocycles. The normalized spacial score (nSPS) is 19.4. The first kappa shape index (κ1) is 24.5. The molecule has 2 rings (SSSR count). The van der Waals surface area contributed by atoms with E-state index in [1.807, 2.05) is 0 Å². The summed E-state index contributed by atoms with van der Waals surface area (Å²) in [5, 5.41) is 15.8. The number of likely N-dealkylation sites (tertiary alicyclic amines) is 1. The molecule has 1 aromatic carbocycles. The Morgan fingerprint density at radius 3 is 2.07 bits per heavy atom. The Hall–Kier alpha value is -1.54. The number of ether oxygens (including phenoxy) is 2. The Morgan fingerprint density at radius 2 is 1.57 bits per heavy atom. The van der Waals surface area contributed by atoms with Crippen LogP contribution in [-0.4, -0.2) is 66.5 Å². The van der Waals surface area contributed by atoms with Gasteiger partial charge in [0.25, 0.3) is 0 Å². The predicted octanol–water partition coefficient (Wildman–Crippen LogP) is 3.52. The summed E-state index contributed by atoms with van der Waals surface area (Å²) < 4.78 is 11.2. The van der Waals surface area contributed by atoms with Gasteiger partial charge in [-0.25, -0.2) is 9.59 Å². The monoisotopic (exact) mass is 435 g/mol. The summed E-state index contributed by atoms with van der Waals surface area (Å²) in [6.45, 7) is 9.73. The molecule has 2 N–H and O–H groups in total. The first-order valence-electron chi connectivity index (χ1n) is 9.03. The molecule has 0 spiro atoms. The maximum Gasteiger partial charge on any atom is 0.414 e. The number of hydrogen-bond donors (Lipinski definition) is 2. The lowest BCUT2D eigenvalue weighted by atomic mass is 9.92. The Kier molecular flexibility index (Phi) is 11.2. The van der Waals surface area contributed by atoms with Gasteiger partial charge in [-0.1, -0.05) is 43.1 Å². The van der Waals surface area contributed by atoms with E-state index in [0.29, 0.717) is 29.0 Å². The zero-order valence-electron chi connectivity index (χ0n) is 16.1. The Balaban J connectivity index is 0.000000568. The van der Waals surface area contributed by atoms with E-state index >= 15 is 0 Å². The van der Waals surface area contributed by atoms with Gasteiger partial charge >= 0.3 is 11.9 Å². The molecule has 2 atom stereocenters. The lowest BCUT2D eigenvalue weighted by Gasteiger charge is -2.34. The summed E-state index contributed by atoms with van der Waals surface area (Å²) >= 11 is 12.1. The van der Waals surface area contributed by atoms with Crippen LogP contribution in [0, 0.1) is 11.8 Å². The van der Waals surface area contributed by atoms with Crippen molar-refractivity contribution < 1.29 is 29.3 Å². The van der Waals surface area contributed by atoms with Crippen LogP contribution in [0.3, 0.4) is 0 Å². The zero-order chi connectivity index (χ0) is 21.1. The highest BCUT2D eigenvalue weighted by atomic mass is 35.5. The van der Waals surface area contributed by atoms with E-state index in [2.05, 4.69) is 18.7 Å². The molecular formula is C19H27Cl2NO6. The third kappa shape index (κ3) is 9.59. The van der Waals surface area contributed by atoms with E-state index in [4.69, 9.17) is 52.5 Å². The molecule has 9 heteroatoms. The largest absolute Gasteiger partial charge is 0.488 e. The van der Waals surface area contributed by atoms with Crippen molar-refractivity contribution in [1.29, 1.82) is 0 Å². The third-order valence-electron chi connectivity index (χ3n) is 4.07. The third-order valence-corrected chi connectivity index (χ3v) is 4.67. The van der Waals surface area contributed by atoms with E-state index < -0.39 is 11.9 Å². The minimum Gasteiger partial charge on any atom is -0.488 e. The number of halogens is 2. The number of para-hydroxylation sites is 1. The maximum absolute atomic E-state index is 9.10. The van der Waals surface area contributed by atoms with Crippen LogP contribution < -0.4 is 4.74 Å². The molecule has 28 heavy (non-hydrogen) atoms. The molecule has 1 aliphatic heterocycles. The van der Waals surface area contributed by atoms with Crippen LogP contribution in [0.4, 0.5) is 0 Å². The van der Waals surface area contributed by atoms with E-state index in [9.17, 15) is 0 Å². The van der Waals surface area contributed by atoms with Crippen LogP contribution in [0.5, 0.6) is 5.75 Å². The Labute approximate surface area is 175 Å². The molecule has 0 radical (unpaired) electrons. The molecule has 0 saturated carbocycles. The summed E-state index contributed by atoms with van der Waals surface area (Å²) in [5.74, 6) is -1.54. The van der Waals surface area contributed by atoms with Gasteiger partial charge < -0.3 is 24.6 Å². The van der Waals surface area contributed by atoms with Crippen molar-refractivity contribution >= 4 is 35.1 Å². The van der Waals surface area contributed by atoms with Crippen LogP contribution in [0.2, 0.25) is 10.0 Å². The van der Waals surface area contributed by atoms with Gasteiger partial charge in [0.2, 0.25) is 0 Å². The SMILES string of the molecule is CC1CC(C)CN(CCOCCOc2c(Cl)cccc2Cl)C1.O=C(O)C(=O)O. The molecule has 1 fully saturated rings. The molecular weight excluding hydrogens is 409 g/mol. The van der Waals surface area contributed by atoms with Crippen LogP contribution in [0.25, 0.3) is 0 Å². The number of benzene rings is 1. The summed E-state index contributed by atoms with van der Waals surface area (Å²) in [7, 11) is 0. The standard InChI is InChI=1S/C17H25Cl2NO2.C2H2O4/c1-13-10-14(2)12-20(11-13)6-7-21-8-9-22-17-15(18)4-3-5-16(17)19;3-1(4)2(5)6/h3-5,13-14H,6-12H2,1-2H3;(H,3,4)(H,5,6). The van der Waals surface area contributed by atoms with Gasteiger partial charge in [0.05, 0.1) is 23.3 Å². The Bertz CT molecular complexity index is 601. The fourth-order valence-corrected chi connectivity index (χ4v) is 3.60. The molecule has 0 aromatic heterocycles. The summed E-state index contributed by atoms with van der Waals surface area (Å²) in [6, 6.07) is 5.33. The Morgan fingerprint density at radius 1 is 1.04 bits per heavy atom. The number of carboxylic acid groups (broad SMARTS) is 2. The fraction of sp³-hybridized carbons (Fsp3) is 0.579. The van der Waals surface area contributed by atoms with Crippen molar-refractivity contribution in [3.05, 3.63) is 28.2 Å². The van der Waals surface area contributed by atoms with Crippen molar-refractivity contribution in [2.24, 2.45) is 11.8 Å². The molecule has 2 unspecified atom stereocenters. The number of aliphatic carboxylic acids is 2. The molecule has 0 aliphatic carbocycles. The van der Waals surface area contributed by atoms with Crippen molar-refractivity contribution in [3.8, 4) is 5.75 Å².